The van der Waals surface area contributed by atoms with Crippen LogP contribution in [0.3, 0.4) is 0 Å². The van der Waals surface area contributed by atoms with Crippen LogP contribution in [0.1, 0.15) is 16.4 Å². The average molecular weight is 495 g/mol. The zero-order valence-electron chi connectivity index (χ0n) is 16.1. The van der Waals surface area contributed by atoms with Crippen LogP contribution < -0.4 is 5.32 Å². The number of aromatic amines is 1. The minimum absolute atomic E-state index is 0.0777. The Hall–Kier alpha value is -2.82. The van der Waals surface area contributed by atoms with Gasteiger partial charge < -0.3 is 5.32 Å². The van der Waals surface area contributed by atoms with Crippen LogP contribution in [0.15, 0.2) is 71.2 Å². The molecule has 2 aromatic heterocycles. The predicted octanol–water partition coefficient (Wildman–Crippen LogP) is 6.68. The lowest BCUT2D eigenvalue weighted by atomic mass is 10.1. The number of carbonyl (C=O) groups excluding carboxylic acids is 1. The molecule has 0 unspecified atom stereocenters. The largest absolute Gasteiger partial charge is 0.418 e. The van der Waals surface area contributed by atoms with Crippen LogP contribution in [0.2, 0.25) is 5.02 Å². The normalized spacial score (nSPS) is 12.5. The van der Waals surface area contributed by atoms with Gasteiger partial charge in [-0.3, -0.25) is 9.89 Å². The molecule has 2 N–H and O–H groups in total. The van der Waals surface area contributed by atoms with Crippen molar-refractivity contribution in [2.24, 2.45) is 0 Å². The lowest BCUT2D eigenvalue weighted by Crippen LogP contribution is -2.21. The van der Waals surface area contributed by atoms with Crippen LogP contribution in [0, 0.1) is 0 Å². The zero-order chi connectivity index (χ0) is 22.7. The van der Waals surface area contributed by atoms with Crippen molar-refractivity contribution in [2.45, 2.75) is 16.6 Å². The van der Waals surface area contributed by atoms with Crippen molar-refractivity contribution >= 4 is 46.3 Å². The third-order valence-electron chi connectivity index (χ3n) is 4.33. The van der Waals surface area contributed by atoms with E-state index in [-0.39, 0.29) is 10.7 Å². The number of nitrogens with zero attached hydrogens (tertiary/aromatic N) is 2. The van der Waals surface area contributed by atoms with E-state index in [0.29, 0.717) is 16.5 Å². The number of carbonyl (C=O) groups is 1. The lowest BCUT2D eigenvalue weighted by Gasteiger charge is -2.18. The molecule has 0 fully saturated rings. The minimum atomic E-state index is -4.68. The molecule has 32 heavy (non-hydrogen) atoms. The maximum atomic E-state index is 13.4. The molecular weight excluding hydrogens is 481 g/mol. The fourth-order valence-electron chi connectivity index (χ4n) is 2.89. The summed E-state index contributed by atoms with van der Waals surface area (Å²) in [5.74, 6) is -0.0942. The second kappa shape index (κ2) is 9.35. The van der Waals surface area contributed by atoms with Crippen molar-refractivity contribution in [1.29, 1.82) is 0 Å². The molecule has 164 valence electrons. The molecule has 0 spiro atoms. The number of aromatic nitrogens is 3. The number of thioether (sulfide) groups is 1. The van der Waals surface area contributed by atoms with Crippen molar-refractivity contribution in [3.05, 3.63) is 82.2 Å². The first-order valence-electron chi connectivity index (χ1n) is 9.17. The Morgan fingerprint density at radius 2 is 1.91 bits per heavy atom. The van der Waals surface area contributed by atoms with Crippen LogP contribution in [-0.4, -0.2) is 21.1 Å². The van der Waals surface area contributed by atoms with Crippen molar-refractivity contribution in [3.8, 4) is 10.7 Å². The lowest BCUT2D eigenvalue weighted by molar-refractivity contribution is -0.137. The van der Waals surface area contributed by atoms with E-state index in [2.05, 4.69) is 20.5 Å². The number of rotatable bonds is 6. The van der Waals surface area contributed by atoms with Crippen LogP contribution in [0.5, 0.6) is 0 Å². The maximum absolute atomic E-state index is 13.4. The quantitative estimate of drug-likeness (QED) is 0.293. The molecule has 0 radical (unpaired) electrons. The van der Waals surface area contributed by atoms with Gasteiger partial charge in [0.1, 0.15) is 5.25 Å². The van der Waals surface area contributed by atoms with Gasteiger partial charge in [0, 0.05) is 5.02 Å². The molecule has 2 aromatic carbocycles. The minimum Gasteiger partial charge on any atom is -0.324 e. The van der Waals surface area contributed by atoms with E-state index in [4.69, 9.17) is 11.6 Å². The van der Waals surface area contributed by atoms with E-state index in [9.17, 15) is 18.0 Å². The number of nitrogens with one attached hydrogen (secondary N) is 2. The fourth-order valence-corrected chi connectivity index (χ4v) is 4.64. The van der Waals surface area contributed by atoms with E-state index in [1.165, 1.54) is 17.4 Å². The van der Waals surface area contributed by atoms with Crippen LogP contribution in [0.25, 0.3) is 10.7 Å². The van der Waals surface area contributed by atoms with Gasteiger partial charge in [-0.2, -0.15) is 13.2 Å². The highest BCUT2D eigenvalue weighted by atomic mass is 35.5. The molecule has 4 rings (SSSR count). The van der Waals surface area contributed by atoms with Gasteiger partial charge in [0.25, 0.3) is 0 Å². The summed E-state index contributed by atoms with van der Waals surface area (Å²) in [6, 6.07) is 15.7. The third kappa shape index (κ3) is 5.14. The van der Waals surface area contributed by atoms with Crippen LogP contribution in [-0.2, 0) is 11.0 Å². The summed E-state index contributed by atoms with van der Waals surface area (Å²) in [4.78, 5) is 18.4. The predicted molar refractivity (Wildman–Crippen MR) is 120 cm³/mol. The molecule has 0 bridgehead atoms. The Balaban J connectivity index is 1.63. The molecule has 1 amide bonds. The Bertz CT molecular complexity index is 1210. The first-order chi connectivity index (χ1) is 15.3. The second-order valence-electron chi connectivity index (χ2n) is 6.53. The van der Waals surface area contributed by atoms with Gasteiger partial charge in [-0.1, -0.05) is 59.8 Å². The molecule has 2 heterocycles. The van der Waals surface area contributed by atoms with Gasteiger partial charge in [-0.25, -0.2) is 4.98 Å². The highest BCUT2D eigenvalue weighted by molar-refractivity contribution is 8.00. The summed E-state index contributed by atoms with van der Waals surface area (Å²) < 4.78 is 40.3. The van der Waals surface area contributed by atoms with E-state index in [0.717, 1.165) is 28.8 Å². The van der Waals surface area contributed by atoms with Crippen LogP contribution in [0.4, 0.5) is 18.9 Å². The number of hydrogen-bond donors (Lipinski definition) is 2. The SMILES string of the molecule is O=C(Nc1ccc(Cl)cc1C(F)(F)F)[C@@H](Sc1n[nH]c(-c2cccs2)n1)c1ccccc1. The van der Waals surface area contributed by atoms with Crippen molar-refractivity contribution in [1.82, 2.24) is 15.2 Å². The maximum Gasteiger partial charge on any atom is 0.418 e. The number of hydrogen-bond acceptors (Lipinski definition) is 5. The highest BCUT2D eigenvalue weighted by Crippen LogP contribution is 2.39. The summed E-state index contributed by atoms with van der Waals surface area (Å²) in [6.07, 6.45) is -4.68. The molecule has 1 atom stereocenters. The Morgan fingerprint density at radius 3 is 2.59 bits per heavy atom. The van der Waals surface area contributed by atoms with E-state index in [1.54, 1.807) is 30.3 Å². The molecule has 11 heteroatoms. The van der Waals surface area contributed by atoms with Gasteiger partial charge in [0.15, 0.2) is 5.82 Å². The summed E-state index contributed by atoms with van der Waals surface area (Å²) in [5, 5.41) is 10.6. The molecule has 0 saturated heterocycles. The fraction of sp³-hybridized carbons (Fsp3) is 0.0952. The Labute approximate surface area is 194 Å². The molecule has 5 nitrogen and oxygen atoms in total. The highest BCUT2D eigenvalue weighted by Gasteiger charge is 2.35. The van der Waals surface area contributed by atoms with Gasteiger partial charge in [-0.05, 0) is 35.2 Å². The number of thiophene rings is 1. The van der Waals surface area contributed by atoms with E-state index in [1.807, 2.05) is 17.5 Å². The topological polar surface area (TPSA) is 70.7 Å². The van der Waals surface area contributed by atoms with Gasteiger partial charge in [0.05, 0.1) is 16.1 Å². The van der Waals surface area contributed by atoms with Crippen LogP contribution >= 0.6 is 34.7 Å². The summed E-state index contributed by atoms with van der Waals surface area (Å²) in [6.45, 7) is 0. The average Bonchev–Trinajstić information content (AvgIpc) is 3.45. The standard InChI is InChI=1S/C21H14ClF3N4OS2/c22-13-8-9-15(14(11-13)21(23,24)25)26-19(30)17(12-5-2-1-3-6-12)32-20-27-18(28-29-20)16-7-4-10-31-16/h1-11,17H,(H,26,30)(H,27,28,29)/t17-/m0/s1. The number of amides is 1. The number of H-pyrrole nitrogens is 1. The van der Waals surface area contributed by atoms with Gasteiger partial charge >= 0.3 is 6.18 Å². The monoisotopic (exact) mass is 494 g/mol. The molecule has 0 aliphatic carbocycles. The zero-order valence-corrected chi connectivity index (χ0v) is 18.4. The van der Waals surface area contributed by atoms with E-state index >= 15 is 0 Å². The Kier molecular flexibility index (Phi) is 6.54. The van der Waals surface area contributed by atoms with Crippen molar-refractivity contribution in [2.75, 3.05) is 5.32 Å². The number of benzene rings is 2. The van der Waals surface area contributed by atoms with Crippen molar-refractivity contribution in [3.63, 3.8) is 0 Å². The number of alkyl halides is 3. The van der Waals surface area contributed by atoms with Crippen molar-refractivity contribution < 1.29 is 18.0 Å². The summed E-state index contributed by atoms with van der Waals surface area (Å²) >= 11 is 8.25. The molecule has 0 aliphatic heterocycles. The third-order valence-corrected chi connectivity index (χ3v) is 6.56. The summed E-state index contributed by atoms with van der Waals surface area (Å²) in [7, 11) is 0. The first-order valence-corrected chi connectivity index (χ1v) is 11.3. The smallest absolute Gasteiger partial charge is 0.324 e. The van der Waals surface area contributed by atoms with Gasteiger partial charge in [-0.15, -0.1) is 16.4 Å². The molecule has 0 saturated carbocycles. The molecule has 4 aromatic rings. The van der Waals surface area contributed by atoms with E-state index < -0.39 is 22.9 Å². The number of anilines is 1. The number of halogens is 4. The second-order valence-corrected chi connectivity index (χ2v) is 8.99. The summed E-state index contributed by atoms with van der Waals surface area (Å²) in [5.41, 5.74) is -0.796. The molecular formula is C21H14ClF3N4OS2. The Morgan fingerprint density at radius 1 is 1.12 bits per heavy atom. The van der Waals surface area contributed by atoms with Gasteiger partial charge in [0.2, 0.25) is 11.1 Å². The molecule has 0 aliphatic rings. The first kappa shape index (κ1) is 22.4.